The second kappa shape index (κ2) is 2.95. The van der Waals surface area contributed by atoms with E-state index in [4.69, 9.17) is 0 Å². The molecule has 62 valence electrons. The van der Waals surface area contributed by atoms with Gasteiger partial charge in [0.25, 0.3) is 0 Å². The van der Waals surface area contributed by atoms with Gasteiger partial charge in [-0.3, -0.25) is 0 Å². The lowest BCUT2D eigenvalue weighted by Crippen LogP contribution is -2.37. The fraction of sp³-hybridized carbons (Fsp3) is 0.778. The lowest BCUT2D eigenvalue weighted by Gasteiger charge is -2.28. The van der Waals surface area contributed by atoms with Gasteiger partial charge in [-0.15, -0.1) is 0 Å². The van der Waals surface area contributed by atoms with Crippen LogP contribution < -0.4 is 10.6 Å². The summed E-state index contributed by atoms with van der Waals surface area (Å²) in [6.07, 6.45) is 5.90. The van der Waals surface area contributed by atoms with Crippen molar-refractivity contribution in [3.05, 3.63) is 12.2 Å². The highest BCUT2D eigenvalue weighted by molar-refractivity contribution is 5.07. The summed E-state index contributed by atoms with van der Waals surface area (Å²) in [6, 6.07) is 0.615. The smallest absolute Gasteiger partial charge is 0.0290 e. The van der Waals surface area contributed by atoms with Crippen molar-refractivity contribution in [1.82, 2.24) is 10.6 Å². The molecule has 0 spiro atoms. The zero-order valence-electron chi connectivity index (χ0n) is 7.01. The molecule has 11 heavy (non-hydrogen) atoms. The van der Waals surface area contributed by atoms with E-state index in [1.807, 2.05) is 0 Å². The molecular formula is C9H16N2. The molecule has 2 heteroatoms. The van der Waals surface area contributed by atoms with Gasteiger partial charge in [-0.1, -0.05) is 12.2 Å². The zero-order chi connectivity index (χ0) is 7.68. The molecular weight excluding hydrogens is 136 g/mol. The van der Waals surface area contributed by atoms with Crippen molar-refractivity contribution in [3.63, 3.8) is 0 Å². The first-order valence-corrected chi connectivity index (χ1v) is 4.46. The highest BCUT2D eigenvalue weighted by atomic mass is 15.0. The van der Waals surface area contributed by atoms with Crippen LogP contribution in [0, 0.1) is 11.8 Å². The molecule has 1 heterocycles. The lowest BCUT2D eigenvalue weighted by molar-refractivity contribution is 0.341. The van der Waals surface area contributed by atoms with Crippen molar-refractivity contribution in [2.24, 2.45) is 11.8 Å². The van der Waals surface area contributed by atoms with Crippen molar-refractivity contribution in [1.29, 1.82) is 0 Å². The number of fused-ring (bicyclic) bond motifs is 1. The van der Waals surface area contributed by atoms with Crippen LogP contribution in [0.5, 0.6) is 0 Å². The van der Waals surface area contributed by atoms with E-state index in [-0.39, 0.29) is 0 Å². The number of hydrogen-bond donors (Lipinski definition) is 2. The third kappa shape index (κ3) is 1.21. The van der Waals surface area contributed by atoms with Crippen LogP contribution in [0.1, 0.15) is 6.42 Å². The molecule has 3 unspecified atom stereocenters. The highest BCUT2D eigenvalue weighted by Gasteiger charge is 2.32. The minimum Gasteiger partial charge on any atom is -0.316 e. The van der Waals surface area contributed by atoms with Crippen molar-refractivity contribution in [2.75, 3.05) is 20.1 Å². The maximum atomic E-state index is 3.45. The third-order valence-electron chi connectivity index (χ3n) is 2.97. The van der Waals surface area contributed by atoms with Crippen LogP contribution >= 0.6 is 0 Å². The molecule has 1 aliphatic heterocycles. The summed E-state index contributed by atoms with van der Waals surface area (Å²) in [5, 5.41) is 6.80. The maximum Gasteiger partial charge on any atom is 0.0290 e. The standard InChI is InChI=1S/C9H16N2/c1-10-9-4-2-3-7-5-11-6-8(7)9/h2,4,7-11H,3,5-6H2,1H3. The second-order valence-electron chi connectivity index (χ2n) is 3.56. The normalized spacial score (nSPS) is 42.5. The van der Waals surface area contributed by atoms with E-state index in [2.05, 4.69) is 29.8 Å². The minimum atomic E-state index is 0.615. The molecule has 2 N–H and O–H groups in total. The largest absolute Gasteiger partial charge is 0.316 e. The molecule has 0 bridgehead atoms. The Morgan fingerprint density at radius 3 is 3.18 bits per heavy atom. The Morgan fingerprint density at radius 1 is 1.45 bits per heavy atom. The van der Waals surface area contributed by atoms with Gasteiger partial charge in [-0.25, -0.2) is 0 Å². The third-order valence-corrected chi connectivity index (χ3v) is 2.97. The Morgan fingerprint density at radius 2 is 2.36 bits per heavy atom. The van der Waals surface area contributed by atoms with Crippen LogP contribution in [-0.2, 0) is 0 Å². The van der Waals surface area contributed by atoms with Crippen LogP contribution in [0.3, 0.4) is 0 Å². The molecule has 0 radical (unpaired) electrons. The van der Waals surface area contributed by atoms with Crippen molar-refractivity contribution < 1.29 is 0 Å². The second-order valence-corrected chi connectivity index (χ2v) is 3.56. The van der Waals surface area contributed by atoms with E-state index in [1.165, 1.54) is 19.5 Å². The minimum absolute atomic E-state index is 0.615. The first-order valence-electron chi connectivity index (χ1n) is 4.46. The fourth-order valence-electron chi connectivity index (χ4n) is 2.28. The average molecular weight is 152 g/mol. The number of allylic oxidation sites excluding steroid dienone is 1. The topological polar surface area (TPSA) is 24.1 Å². The van der Waals surface area contributed by atoms with E-state index in [0.717, 1.165) is 11.8 Å². The van der Waals surface area contributed by atoms with Gasteiger partial charge < -0.3 is 10.6 Å². The van der Waals surface area contributed by atoms with Crippen molar-refractivity contribution in [2.45, 2.75) is 12.5 Å². The van der Waals surface area contributed by atoms with Gasteiger partial charge in [-0.2, -0.15) is 0 Å². The van der Waals surface area contributed by atoms with Gasteiger partial charge in [-0.05, 0) is 31.8 Å². The quantitative estimate of drug-likeness (QED) is 0.530. The SMILES string of the molecule is CNC1C=CCC2CNCC21. The predicted molar refractivity (Wildman–Crippen MR) is 46.5 cm³/mol. The summed E-state index contributed by atoms with van der Waals surface area (Å²) >= 11 is 0. The first kappa shape index (κ1) is 7.32. The summed E-state index contributed by atoms with van der Waals surface area (Å²) in [5.41, 5.74) is 0. The van der Waals surface area contributed by atoms with Crippen LogP contribution in [0.4, 0.5) is 0 Å². The number of likely N-dealkylation sites (N-methyl/N-ethyl adjacent to an activating group) is 1. The molecule has 0 aromatic carbocycles. The first-order chi connectivity index (χ1) is 5.42. The summed E-state index contributed by atoms with van der Waals surface area (Å²) in [7, 11) is 2.05. The van der Waals surface area contributed by atoms with Gasteiger partial charge in [0.15, 0.2) is 0 Å². The lowest BCUT2D eigenvalue weighted by atomic mass is 9.82. The maximum absolute atomic E-state index is 3.45. The summed E-state index contributed by atoms with van der Waals surface area (Å²) in [5.74, 6) is 1.72. The van der Waals surface area contributed by atoms with Crippen LogP contribution in [-0.4, -0.2) is 26.2 Å². The molecule has 2 aliphatic rings. The van der Waals surface area contributed by atoms with Crippen molar-refractivity contribution >= 4 is 0 Å². The molecule has 3 atom stereocenters. The van der Waals surface area contributed by atoms with Gasteiger partial charge in [0.2, 0.25) is 0 Å². The van der Waals surface area contributed by atoms with Crippen LogP contribution in [0.2, 0.25) is 0 Å². The Kier molecular flexibility index (Phi) is 1.96. The highest BCUT2D eigenvalue weighted by Crippen LogP contribution is 2.28. The number of nitrogens with one attached hydrogen (secondary N) is 2. The van der Waals surface area contributed by atoms with Gasteiger partial charge in [0, 0.05) is 12.6 Å². The molecule has 2 rings (SSSR count). The molecule has 1 aliphatic carbocycles. The van der Waals surface area contributed by atoms with E-state index in [9.17, 15) is 0 Å². The Balaban J connectivity index is 2.09. The molecule has 0 amide bonds. The monoisotopic (exact) mass is 152 g/mol. The molecule has 1 fully saturated rings. The zero-order valence-corrected chi connectivity index (χ0v) is 7.01. The van der Waals surface area contributed by atoms with E-state index < -0.39 is 0 Å². The molecule has 0 saturated carbocycles. The molecule has 2 nitrogen and oxygen atoms in total. The Labute approximate surface area is 68.1 Å². The number of rotatable bonds is 1. The number of hydrogen-bond acceptors (Lipinski definition) is 2. The molecule has 1 saturated heterocycles. The van der Waals surface area contributed by atoms with E-state index in [1.54, 1.807) is 0 Å². The van der Waals surface area contributed by atoms with Gasteiger partial charge in [0.1, 0.15) is 0 Å². The predicted octanol–water partition coefficient (Wildman–Crippen LogP) is 0.370. The molecule has 0 aromatic rings. The summed E-state index contributed by atoms with van der Waals surface area (Å²) in [6.45, 7) is 2.41. The van der Waals surface area contributed by atoms with Crippen LogP contribution in [0.25, 0.3) is 0 Å². The Hall–Kier alpha value is -0.340. The van der Waals surface area contributed by atoms with Crippen molar-refractivity contribution in [3.8, 4) is 0 Å². The van der Waals surface area contributed by atoms with E-state index >= 15 is 0 Å². The molecule has 0 aromatic heterocycles. The van der Waals surface area contributed by atoms with Crippen LogP contribution in [0.15, 0.2) is 12.2 Å². The fourth-order valence-corrected chi connectivity index (χ4v) is 2.28. The summed E-state index contributed by atoms with van der Waals surface area (Å²) < 4.78 is 0. The van der Waals surface area contributed by atoms with Gasteiger partial charge in [0.05, 0.1) is 0 Å². The summed E-state index contributed by atoms with van der Waals surface area (Å²) in [4.78, 5) is 0. The average Bonchev–Trinajstić information content (AvgIpc) is 2.50. The van der Waals surface area contributed by atoms with Gasteiger partial charge >= 0.3 is 0 Å². The Bertz CT molecular complexity index is 165. The van der Waals surface area contributed by atoms with E-state index in [0.29, 0.717) is 6.04 Å².